The van der Waals surface area contributed by atoms with Crippen LogP contribution in [0.2, 0.25) is 0 Å². The number of non-ortho nitro benzene ring substituents is 1. The molecule has 0 amide bonds. The first-order chi connectivity index (χ1) is 13.8. The number of nitro groups is 1. The van der Waals surface area contributed by atoms with Crippen molar-refractivity contribution in [1.82, 2.24) is 0 Å². The van der Waals surface area contributed by atoms with Gasteiger partial charge in [-0.1, -0.05) is 0 Å². The van der Waals surface area contributed by atoms with Crippen LogP contribution in [0, 0.1) is 15.9 Å². The number of benzene rings is 2. The Kier molecular flexibility index (Phi) is 6.25. The SMILES string of the molecule is O=[N+]([O-])c1cc(N[C@@H]2O[C@H](CO)[C@H](O)[C@@H](O)[C@H]2O)cc(Oc2ccc(F)cc2)c1. The third-order valence-corrected chi connectivity index (χ3v) is 4.35. The van der Waals surface area contributed by atoms with Crippen molar-refractivity contribution in [2.45, 2.75) is 30.6 Å². The van der Waals surface area contributed by atoms with Crippen LogP contribution >= 0.6 is 0 Å². The van der Waals surface area contributed by atoms with Gasteiger partial charge in [0.25, 0.3) is 5.69 Å². The Hall–Kier alpha value is -2.83. The smallest absolute Gasteiger partial charge is 0.275 e. The highest BCUT2D eigenvalue weighted by Crippen LogP contribution is 2.31. The molecule has 5 atom stereocenters. The van der Waals surface area contributed by atoms with Crippen LogP contribution in [0.3, 0.4) is 0 Å². The molecule has 2 aromatic rings. The van der Waals surface area contributed by atoms with Gasteiger partial charge in [0.2, 0.25) is 0 Å². The van der Waals surface area contributed by atoms with Gasteiger partial charge in [-0.15, -0.1) is 0 Å². The van der Waals surface area contributed by atoms with Crippen LogP contribution in [0.4, 0.5) is 15.8 Å². The van der Waals surface area contributed by atoms with Crippen molar-refractivity contribution in [2.75, 3.05) is 11.9 Å². The van der Waals surface area contributed by atoms with Gasteiger partial charge in [0.05, 0.1) is 17.6 Å². The highest BCUT2D eigenvalue weighted by Gasteiger charge is 2.43. The van der Waals surface area contributed by atoms with Gasteiger partial charge < -0.3 is 35.2 Å². The average molecular weight is 410 g/mol. The Bertz CT molecular complexity index is 863. The largest absolute Gasteiger partial charge is 0.457 e. The molecule has 10 nitrogen and oxygen atoms in total. The fraction of sp³-hybridized carbons (Fsp3) is 0.333. The molecular formula is C18H19FN2O8. The molecule has 0 radical (unpaired) electrons. The lowest BCUT2D eigenvalue weighted by Crippen LogP contribution is -2.60. The molecule has 0 aromatic heterocycles. The van der Waals surface area contributed by atoms with Crippen molar-refractivity contribution >= 4 is 11.4 Å². The van der Waals surface area contributed by atoms with Gasteiger partial charge >= 0.3 is 0 Å². The van der Waals surface area contributed by atoms with E-state index in [1.54, 1.807) is 0 Å². The van der Waals surface area contributed by atoms with E-state index in [4.69, 9.17) is 9.47 Å². The standard InChI is InChI=1S/C18H19FN2O8/c19-9-1-3-12(4-2-9)28-13-6-10(5-11(7-13)21(26)27)20-18-17(25)16(24)15(23)14(8-22)29-18/h1-7,14-18,20,22-25H,8H2/t14-,15+,16-,17-,18-/m1/s1. The Morgan fingerprint density at radius 3 is 2.38 bits per heavy atom. The van der Waals surface area contributed by atoms with Crippen LogP contribution in [0.15, 0.2) is 42.5 Å². The summed E-state index contributed by atoms with van der Waals surface area (Å²) in [6.07, 6.45) is -7.12. The molecule has 5 N–H and O–H groups in total. The minimum Gasteiger partial charge on any atom is -0.457 e. The van der Waals surface area contributed by atoms with Crippen molar-refractivity contribution in [3.05, 3.63) is 58.4 Å². The van der Waals surface area contributed by atoms with Crippen molar-refractivity contribution in [2.24, 2.45) is 0 Å². The van der Waals surface area contributed by atoms with Crippen LogP contribution in [0.1, 0.15) is 0 Å². The van der Waals surface area contributed by atoms with E-state index in [1.807, 2.05) is 0 Å². The number of nitro benzene ring substituents is 1. The fourth-order valence-electron chi connectivity index (χ4n) is 2.85. The Balaban J connectivity index is 1.85. The number of rotatable bonds is 6. The molecule has 1 fully saturated rings. The number of ether oxygens (including phenoxy) is 2. The van der Waals surface area contributed by atoms with Crippen LogP contribution in [-0.4, -0.2) is 62.6 Å². The summed E-state index contributed by atoms with van der Waals surface area (Å²) < 4.78 is 23.9. The molecule has 0 unspecified atom stereocenters. The number of halogens is 1. The Morgan fingerprint density at radius 2 is 1.76 bits per heavy atom. The molecule has 1 aliphatic heterocycles. The van der Waals surface area contributed by atoms with Crippen LogP contribution in [-0.2, 0) is 4.74 Å². The zero-order valence-electron chi connectivity index (χ0n) is 14.9. The van der Waals surface area contributed by atoms with Gasteiger partial charge in [-0.05, 0) is 24.3 Å². The molecule has 1 aliphatic rings. The highest BCUT2D eigenvalue weighted by molar-refractivity contribution is 5.57. The number of aliphatic hydroxyl groups is 4. The van der Waals surface area contributed by atoms with Crippen LogP contribution in [0.25, 0.3) is 0 Å². The van der Waals surface area contributed by atoms with E-state index in [-0.39, 0.29) is 22.9 Å². The Morgan fingerprint density at radius 1 is 1.07 bits per heavy atom. The van der Waals surface area contributed by atoms with Gasteiger partial charge in [0.15, 0.2) is 6.23 Å². The lowest BCUT2D eigenvalue weighted by Gasteiger charge is -2.40. The molecule has 11 heteroatoms. The topological polar surface area (TPSA) is 155 Å². The molecule has 156 valence electrons. The molecular weight excluding hydrogens is 391 g/mol. The van der Waals surface area contributed by atoms with Gasteiger partial charge in [-0.25, -0.2) is 4.39 Å². The summed E-state index contributed by atoms with van der Waals surface area (Å²) in [4.78, 5) is 10.6. The lowest BCUT2D eigenvalue weighted by molar-refractivity contribution is -0.384. The maximum Gasteiger partial charge on any atom is 0.275 e. The van der Waals surface area contributed by atoms with Crippen molar-refractivity contribution in [1.29, 1.82) is 0 Å². The third kappa shape index (κ3) is 4.78. The number of nitrogens with one attached hydrogen (secondary N) is 1. The van der Waals surface area contributed by atoms with E-state index < -0.39 is 48.0 Å². The number of hydrogen-bond donors (Lipinski definition) is 5. The maximum atomic E-state index is 13.0. The summed E-state index contributed by atoms with van der Waals surface area (Å²) >= 11 is 0. The number of anilines is 1. The van der Waals surface area contributed by atoms with Gasteiger partial charge in [0, 0.05) is 17.8 Å². The minimum atomic E-state index is -1.60. The lowest BCUT2D eigenvalue weighted by atomic mass is 9.98. The third-order valence-electron chi connectivity index (χ3n) is 4.35. The van der Waals surface area contributed by atoms with E-state index in [0.717, 1.165) is 12.1 Å². The minimum absolute atomic E-state index is 0.0536. The second-order valence-corrected chi connectivity index (χ2v) is 6.42. The molecule has 1 saturated heterocycles. The van der Waals surface area contributed by atoms with Crippen molar-refractivity contribution < 1.29 is 39.2 Å². The highest BCUT2D eigenvalue weighted by atomic mass is 19.1. The molecule has 29 heavy (non-hydrogen) atoms. The zero-order valence-corrected chi connectivity index (χ0v) is 14.9. The van der Waals surface area contributed by atoms with E-state index in [0.29, 0.717) is 0 Å². The first-order valence-electron chi connectivity index (χ1n) is 8.58. The van der Waals surface area contributed by atoms with Gasteiger partial charge in [-0.3, -0.25) is 10.1 Å². The summed E-state index contributed by atoms with van der Waals surface area (Å²) in [7, 11) is 0. The molecule has 0 bridgehead atoms. The summed E-state index contributed by atoms with van der Waals surface area (Å²) in [5.74, 6) is -0.176. The van der Waals surface area contributed by atoms with E-state index in [1.165, 1.54) is 30.3 Å². The fourth-order valence-corrected chi connectivity index (χ4v) is 2.85. The van der Waals surface area contributed by atoms with E-state index in [9.17, 15) is 34.9 Å². The van der Waals surface area contributed by atoms with Crippen molar-refractivity contribution in [3.8, 4) is 11.5 Å². The predicted molar refractivity (Wildman–Crippen MR) is 97.0 cm³/mol. The van der Waals surface area contributed by atoms with Crippen LogP contribution < -0.4 is 10.1 Å². The van der Waals surface area contributed by atoms with E-state index in [2.05, 4.69) is 5.32 Å². The van der Waals surface area contributed by atoms with Gasteiger partial charge in [-0.2, -0.15) is 0 Å². The second kappa shape index (κ2) is 8.68. The molecule has 0 aliphatic carbocycles. The molecule has 0 saturated carbocycles. The second-order valence-electron chi connectivity index (χ2n) is 6.42. The average Bonchev–Trinajstić information content (AvgIpc) is 2.70. The number of nitrogens with zero attached hydrogens (tertiary/aromatic N) is 1. The van der Waals surface area contributed by atoms with Crippen LogP contribution in [0.5, 0.6) is 11.5 Å². The molecule has 2 aromatic carbocycles. The number of aliphatic hydroxyl groups excluding tert-OH is 4. The van der Waals surface area contributed by atoms with Crippen molar-refractivity contribution in [3.63, 3.8) is 0 Å². The summed E-state index contributed by atoms with van der Waals surface area (Å²) in [5, 5.41) is 53.0. The van der Waals surface area contributed by atoms with E-state index >= 15 is 0 Å². The first kappa shape index (κ1) is 20.9. The zero-order chi connectivity index (χ0) is 21.1. The summed E-state index contributed by atoms with van der Waals surface area (Å²) in [5.41, 5.74) is -0.225. The summed E-state index contributed by atoms with van der Waals surface area (Å²) in [6.45, 7) is -0.614. The van der Waals surface area contributed by atoms with Gasteiger partial charge in [0.1, 0.15) is 41.7 Å². The normalized spacial score (nSPS) is 26.7. The Labute approximate surface area is 163 Å². The predicted octanol–water partition coefficient (Wildman–Crippen LogP) is 0.738. The quantitative estimate of drug-likeness (QED) is 0.342. The maximum absolute atomic E-state index is 13.0. The molecule has 3 rings (SSSR count). The molecule has 0 spiro atoms. The molecule has 1 heterocycles. The number of hydrogen-bond acceptors (Lipinski definition) is 9. The first-order valence-corrected chi connectivity index (χ1v) is 8.58. The monoisotopic (exact) mass is 410 g/mol. The summed E-state index contributed by atoms with van der Waals surface area (Å²) in [6, 6.07) is 8.70.